The number of hydrogen-bond acceptors (Lipinski definition) is 1. The molecule has 0 amide bonds. The van der Waals surface area contributed by atoms with Crippen molar-refractivity contribution in [1.29, 1.82) is 0 Å². The van der Waals surface area contributed by atoms with Crippen LogP contribution >= 0.6 is 46.4 Å². The Kier molecular flexibility index (Phi) is 4.32. The highest BCUT2D eigenvalue weighted by Gasteiger charge is 2.15. The molecule has 1 heterocycles. The molecule has 0 unspecified atom stereocenters. The number of alkyl halides is 1. The highest BCUT2D eigenvalue weighted by Crippen LogP contribution is 2.32. The Morgan fingerprint density at radius 1 is 1.05 bits per heavy atom. The average molecular weight is 360 g/mol. The van der Waals surface area contributed by atoms with Crippen molar-refractivity contribution in [2.75, 3.05) is 5.88 Å². The first-order valence-electron chi connectivity index (χ1n) is 6.29. The van der Waals surface area contributed by atoms with Gasteiger partial charge in [0.25, 0.3) is 0 Å². The third-order valence-corrected chi connectivity index (χ3v) is 4.41. The normalized spacial score (nSPS) is 11.2. The molecule has 0 saturated carbocycles. The fourth-order valence-electron chi connectivity index (χ4n) is 2.28. The van der Waals surface area contributed by atoms with Gasteiger partial charge in [-0.3, -0.25) is 4.57 Å². The van der Waals surface area contributed by atoms with Gasteiger partial charge in [-0.25, -0.2) is 4.98 Å². The molecular weight excluding hydrogens is 350 g/mol. The molecule has 0 aliphatic heterocycles. The van der Waals surface area contributed by atoms with Crippen LogP contribution in [0.3, 0.4) is 0 Å². The molecule has 0 spiro atoms. The number of benzene rings is 2. The van der Waals surface area contributed by atoms with Crippen LogP contribution in [0.1, 0.15) is 5.82 Å². The van der Waals surface area contributed by atoms with Crippen molar-refractivity contribution in [1.82, 2.24) is 9.55 Å². The molecule has 1 aromatic heterocycles. The maximum Gasteiger partial charge on any atom is 0.115 e. The summed E-state index contributed by atoms with van der Waals surface area (Å²) in [5.41, 5.74) is 2.50. The van der Waals surface area contributed by atoms with E-state index in [9.17, 15) is 0 Å². The quantitative estimate of drug-likeness (QED) is 0.543. The molecule has 6 heteroatoms. The highest BCUT2D eigenvalue weighted by atomic mass is 35.5. The number of aryl methyl sites for hydroxylation is 1. The summed E-state index contributed by atoms with van der Waals surface area (Å²) >= 11 is 24.5. The second-order valence-electron chi connectivity index (χ2n) is 4.51. The summed E-state index contributed by atoms with van der Waals surface area (Å²) in [7, 11) is 0. The Bertz CT molecular complexity index is 811. The van der Waals surface area contributed by atoms with Crippen LogP contribution in [0.2, 0.25) is 15.1 Å². The van der Waals surface area contributed by atoms with Gasteiger partial charge in [-0.05, 0) is 30.3 Å². The Morgan fingerprint density at radius 2 is 1.86 bits per heavy atom. The number of imidazole rings is 1. The van der Waals surface area contributed by atoms with E-state index in [0.717, 1.165) is 22.5 Å². The maximum absolute atomic E-state index is 6.35. The molecule has 0 N–H and O–H groups in total. The average Bonchev–Trinajstić information content (AvgIpc) is 2.80. The van der Waals surface area contributed by atoms with Gasteiger partial charge in [0.1, 0.15) is 5.82 Å². The molecule has 2 nitrogen and oxygen atoms in total. The molecule has 3 aromatic rings. The minimum absolute atomic E-state index is 0.467. The lowest BCUT2D eigenvalue weighted by molar-refractivity contribution is 0.912. The van der Waals surface area contributed by atoms with Crippen molar-refractivity contribution in [2.24, 2.45) is 0 Å². The van der Waals surface area contributed by atoms with Gasteiger partial charge < -0.3 is 0 Å². The largest absolute Gasteiger partial charge is 0.295 e. The lowest BCUT2D eigenvalue weighted by atomic mass is 10.2. The van der Waals surface area contributed by atoms with E-state index in [1.807, 2.05) is 34.9 Å². The molecule has 3 rings (SSSR count). The molecule has 0 saturated heterocycles. The zero-order valence-electron chi connectivity index (χ0n) is 10.8. The van der Waals surface area contributed by atoms with E-state index in [4.69, 9.17) is 46.4 Å². The molecule has 0 aliphatic rings. The lowest BCUT2D eigenvalue weighted by Gasteiger charge is -2.11. The minimum atomic E-state index is 0.467. The molecule has 0 radical (unpaired) electrons. The summed E-state index contributed by atoms with van der Waals surface area (Å²) < 4.78 is 1.96. The second kappa shape index (κ2) is 6.05. The van der Waals surface area contributed by atoms with E-state index in [2.05, 4.69) is 4.98 Å². The first-order chi connectivity index (χ1) is 10.1. The predicted molar refractivity (Wildman–Crippen MR) is 90.5 cm³/mol. The number of fused-ring (bicyclic) bond motifs is 1. The Labute approximate surface area is 142 Å². The summed E-state index contributed by atoms with van der Waals surface area (Å²) in [4.78, 5) is 4.61. The van der Waals surface area contributed by atoms with Crippen molar-refractivity contribution >= 4 is 57.4 Å². The minimum Gasteiger partial charge on any atom is -0.295 e. The number of hydrogen-bond donors (Lipinski definition) is 0. The zero-order valence-corrected chi connectivity index (χ0v) is 13.8. The molecule has 0 aliphatic carbocycles. The van der Waals surface area contributed by atoms with Crippen molar-refractivity contribution in [3.63, 3.8) is 0 Å². The maximum atomic E-state index is 6.35. The van der Waals surface area contributed by atoms with E-state index in [-0.39, 0.29) is 0 Å². The third kappa shape index (κ3) is 2.74. The monoisotopic (exact) mass is 358 g/mol. The smallest absolute Gasteiger partial charge is 0.115 e. The molecule has 21 heavy (non-hydrogen) atoms. The number of rotatable bonds is 3. The van der Waals surface area contributed by atoms with E-state index >= 15 is 0 Å². The van der Waals surface area contributed by atoms with Gasteiger partial charge in [-0.15, -0.1) is 11.6 Å². The van der Waals surface area contributed by atoms with Crippen LogP contribution in [0.15, 0.2) is 36.4 Å². The zero-order chi connectivity index (χ0) is 15.0. The second-order valence-corrected chi connectivity index (χ2v) is 6.11. The number of halogens is 4. The van der Waals surface area contributed by atoms with Crippen molar-refractivity contribution in [3.05, 3.63) is 57.3 Å². The molecule has 0 fully saturated rings. The fourth-order valence-corrected chi connectivity index (χ4v) is 3.00. The van der Waals surface area contributed by atoms with E-state index in [1.54, 1.807) is 6.07 Å². The fraction of sp³-hybridized carbons (Fsp3) is 0.133. The summed E-state index contributed by atoms with van der Waals surface area (Å²) in [6.45, 7) is 0. The summed E-state index contributed by atoms with van der Waals surface area (Å²) in [5, 5.41) is 1.61. The first-order valence-corrected chi connectivity index (χ1v) is 7.96. The molecule has 108 valence electrons. The van der Waals surface area contributed by atoms with Crippen LogP contribution in [-0.4, -0.2) is 15.4 Å². The Hall–Kier alpha value is -0.930. The van der Waals surface area contributed by atoms with E-state index in [1.165, 1.54) is 0 Å². The van der Waals surface area contributed by atoms with Gasteiger partial charge in [0, 0.05) is 17.3 Å². The van der Waals surface area contributed by atoms with Crippen LogP contribution in [0, 0.1) is 0 Å². The van der Waals surface area contributed by atoms with Crippen LogP contribution in [0.25, 0.3) is 16.7 Å². The molecule has 0 atom stereocenters. The lowest BCUT2D eigenvalue weighted by Crippen LogP contribution is -2.03. The number of nitrogens with zero attached hydrogens (tertiary/aromatic N) is 2. The van der Waals surface area contributed by atoms with Crippen LogP contribution in [0.5, 0.6) is 0 Å². The van der Waals surface area contributed by atoms with Crippen LogP contribution in [0.4, 0.5) is 0 Å². The van der Waals surface area contributed by atoms with E-state index in [0.29, 0.717) is 27.4 Å². The van der Waals surface area contributed by atoms with E-state index < -0.39 is 0 Å². The Morgan fingerprint density at radius 3 is 2.62 bits per heavy atom. The van der Waals surface area contributed by atoms with Crippen LogP contribution < -0.4 is 0 Å². The van der Waals surface area contributed by atoms with Crippen molar-refractivity contribution in [2.45, 2.75) is 6.42 Å². The van der Waals surface area contributed by atoms with Crippen molar-refractivity contribution < 1.29 is 0 Å². The van der Waals surface area contributed by atoms with Gasteiger partial charge in [0.15, 0.2) is 0 Å². The third-order valence-electron chi connectivity index (χ3n) is 3.18. The Balaban J connectivity index is 2.35. The SMILES string of the molecule is ClCCc1nc2ccc(Cl)cc2n1-c1cccc(Cl)c1Cl. The number of aromatic nitrogens is 2. The standard InChI is InChI=1S/C15H10Cl4N2/c16-7-6-14-20-11-5-4-9(17)8-13(11)21(14)12-3-1-2-10(18)15(12)19/h1-5,8H,6-7H2. The summed E-state index contributed by atoms with van der Waals surface area (Å²) in [6.07, 6.45) is 0.622. The summed E-state index contributed by atoms with van der Waals surface area (Å²) in [5.74, 6) is 1.29. The van der Waals surface area contributed by atoms with Gasteiger partial charge >= 0.3 is 0 Å². The predicted octanol–water partition coefficient (Wildman–Crippen LogP) is 5.77. The van der Waals surface area contributed by atoms with Gasteiger partial charge in [0.2, 0.25) is 0 Å². The van der Waals surface area contributed by atoms with Gasteiger partial charge in [0.05, 0.1) is 26.8 Å². The first kappa shape index (κ1) is 15.0. The highest BCUT2D eigenvalue weighted by molar-refractivity contribution is 6.43. The van der Waals surface area contributed by atoms with Gasteiger partial charge in [-0.1, -0.05) is 40.9 Å². The van der Waals surface area contributed by atoms with Gasteiger partial charge in [-0.2, -0.15) is 0 Å². The molecule has 2 aromatic carbocycles. The summed E-state index contributed by atoms with van der Waals surface area (Å²) in [6, 6.07) is 11.0. The molecular formula is C15H10Cl4N2. The molecule has 0 bridgehead atoms. The topological polar surface area (TPSA) is 17.8 Å². The van der Waals surface area contributed by atoms with Crippen LogP contribution in [-0.2, 0) is 6.42 Å². The van der Waals surface area contributed by atoms with Crippen molar-refractivity contribution in [3.8, 4) is 5.69 Å².